The molecule has 7 nitrogen and oxygen atoms in total. The first-order valence-electron chi connectivity index (χ1n) is 8.30. The van der Waals surface area contributed by atoms with Gasteiger partial charge in [0, 0.05) is 17.8 Å². The number of hydrogen-bond donors (Lipinski definition) is 0. The smallest absolute Gasteiger partial charge is 0.435 e. The second-order valence-electron chi connectivity index (χ2n) is 7.01. The number of carbonyl (C=O) groups is 1. The molecule has 11 heteroatoms. The SMILES string of the molecule is COc1ccncc1-c1cc2c(I)nn(C(=O)OC(C)(C)C)c2c(C(F)(F)F)n1. The van der Waals surface area contributed by atoms with Gasteiger partial charge < -0.3 is 9.47 Å². The van der Waals surface area contributed by atoms with Gasteiger partial charge in [0.05, 0.1) is 18.4 Å². The van der Waals surface area contributed by atoms with Crippen molar-refractivity contribution in [1.82, 2.24) is 19.7 Å². The molecule has 0 spiro atoms. The van der Waals surface area contributed by atoms with E-state index in [0.29, 0.717) is 10.4 Å². The van der Waals surface area contributed by atoms with Crippen LogP contribution in [-0.4, -0.2) is 38.6 Å². The van der Waals surface area contributed by atoms with Gasteiger partial charge in [0.1, 0.15) is 20.6 Å². The van der Waals surface area contributed by atoms with Crippen molar-refractivity contribution in [2.45, 2.75) is 32.5 Å². The highest BCUT2D eigenvalue weighted by Crippen LogP contribution is 2.38. The van der Waals surface area contributed by atoms with Crippen LogP contribution in [-0.2, 0) is 10.9 Å². The number of hydrogen-bond acceptors (Lipinski definition) is 6. The molecule has 29 heavy (non-hydrogen) atoms. The quantitative estimate of drug-likeness (QED) is 0.447. The van der Waals surface area contributed by atoms with E-state index in [4.69, 9.17) is 9.47 Å². The number of pyridine rings is 2. The van der Waals surface area contributed by atoms with Crippen LogP contribution in [0, 0.1) is 3.70 Å². The third-order valence-corrected chi connectivity index (χ3v) is 4.52. The van der Waals surface area contributed by atoms with Crippen molar-refractivity contribution in [3.63, 3.8) is 0 Å². The molecule has 0 aliphatic carbocycles. The van der Waals surface area contributed by atoms with Gasteiger partial charge in [-0.05, 0) is 55.5 Å². The minimum absolute atomic E-state index is 0.00331. The third-order valence-electron chi connectivity index (χ3n) is 3.73. The molecule has 3 aromatic heterocycles. The first-order valence-corrected chi connectivity index (χ1v) is 9.38. The molecule has 0 aromatic carbocycles. The van der Waals surface area contributed by atoms with Crippen LogP contribution in [0.1, 0.15) is 26.5 Å². The van der Waals surface area contributed by atoms with E-state index < -0.39 is 29.1 Å². The van der Waals surface area contributed by atoms with Crippen molar-refractivity contribution >= 4 is 39.6 Å². The van der Waals surface area contributed by atoms with E-state index in [0.717, 1.165) is 0 Å². The summed E-state index contributed by atoms with van der Waals surface area (Å²) in [7, 11) is 1.40. The lowest BCUT2D eigenvalue weighted by Crippen LogP contribution is -2.28. The molecule has 3 aromatic rings. The maximum absolute atomic E-state index is 13.9. The fourth-order valence-corrected chi connectivity index (χ4v) is 3.25. The Bertz CT molecular complexity index is 1090. The highest BCUT2D eigenvalue weighted by Gasteiger charge is 2.39. The lowest BCUT2D eigenvalue weighted by atomic mass is 10.1. The van der Waals surface area contributed by atoms with E-state index in [2.05, 4.69) is 15.1 Å². The largest absolute Gasteiger partial charge is 0.496 e. The zero-order valence-corrected chi connectivity index (χ0v) is 18.0. The molecule has 0 saturated carbocycles. The summed E-state index contributed by atoms with van der Waals surface area (Å²) >= 11 is 1.77. The molecule has 3 rings (SSSR count). The zero-order valence-electron chi connectivity index (χ0n) is 15.8. The molecule has 0 unspecified atom stereocenters. The summed E-state index contributed by atoms with van der Waals surface area (Å²) in [5, 5.41) is 4.08. The number of aromatic nitrogens is 4. The summed E-state index contributed by atoms with van der Waals surface area (Å²) in [6, 6.07) is 2.93. The number of halogens is 4. The highest BCUT2D eigenvalue weighted by molar-refractivity contribution is 14.1. The minimum atomic E-state index is -4.84. The molecular formula is C18H16F3IN4O3. The summed E-state index contributed by atoms with van der Waals surface area (Å²) in [6.07, 6.45) is -3.05. The first-order chi connectivity index (χ1) is 13.4. The molecule has 3 heterocycles. The Morgan fingerprint density at radius 1 is 1.24 bits per heavy atom. The maximum Gasteiger partial charge on any atom is 0.435 e. The predicted molar refractivity (Wildman–Crippen MR) is 107 cm³/mol. The van der Waals surface area contributed by atoms with Gasteiger partial charge in [0.25, 0.3) is 0 Å². The number of fused-ring (bicyclic) bond motifs is 1. The Morgan fingerprint density at radius 3 is 2.52 bits per heavy atom. The summed E-state index contributed by atoms with van der Waals surface area (Å²) in [4.78, 5) is 20.2. The van der Waals surface area contributed by atoms with E-state index in [-0.39, 0.29) is 20.3 Å². The Morgan fingerprint density at radius 2 is 1.93 bits per heavy atom. The number of methoxy groups -OCH3 is 1. The average Bonchev–Trinajstić information content (AvgIpc) is 2.95. The predicted octanol–water partition coefficient (Wildman–Crippen LogP) is 4.91. The number of rotatable bonds is 2. The Labute approximate surface area is 177 Å². The van der Waals surface area contributed by atoms with Gasteiger partial charge in [-0.1, -0.05) is 0 Å². The normalized spacial score (nSPS) is 12.3. The van der Waals surface area contributed by atoms with Crippen LogP contribution in [0.4, 0.5) is 18.0 Å². The molecule has 0 bridgehead atoms. The minimum Gasteiger partial charge on any atom is -0.496 e. The van der Waals surface area contributed by atoms with Crippen molar-refractivity contribution in [2.75, 3.05) is 7.11 Å². The van der Waals surface area contributed by atoms with Crippen LogP contribution in [0.2, 0.25) is 0 Å². The van der Waals surface area contributed by atoms with Crippen LogP contribution < -0.4 is 4.74 Å². The van der Waals surface area contributed by atoms with E-state index in [9.17, 15) is 18.0 Å². The van der Waals surface area contributed by atoms with E-state index in [1.54, 1.807) is 43.4 Å². The van der Waals surface area contributed by atoms with Crippen LogP contribution in [0.3, 0.4) is 0 Å². The van der Waals surface area contributed by atoms with Crippen LogP contribution in [0.15, 0.2) is 24.5 Å². The Kier molecular flexibility index (Phi) is 5.45. The van der Waals surface area contributed by atoms with Gasteiger partial charge in [-0.3, -0.25) is 4.98 Å². The number of carbonyl (C=O) groups excluding carboxylic acids is 1. The van der Waals surface area contributed by atoms with E-state index in [1.807, 2.05) is 0 Å². The molecule has 154 valence electrons. The van der Waals surface area contributed by atoms with Crippen molar-refractivity contribution in [1.29, 1.82) is 0 Å². The summed E-state index contributed by atoms with van der Waals surface area (Å²) in [5.41, 5.74) is -2.35. The van der Waals surface area contributed by atoms with Crippen molar-refractivity contribution in [2.24, 2.45) is 0 Å². The lowest BCUT2D eigenvalue weighted by Gasteiger charge is -2.19. The third kappa shape index (κ3) is 4.28. The summed E-state index contributed by atoms with van der Waals surface area (Å²) in [5.74, 6) is 0.314. The van der Waals surface area contributed by atoms with Crippen LogP contribution in [0.5, 0.6) is 5.75 Å². The number of nitrogens with zero attached hydrogens (tertiary/aromatic N) is 4. The van der Waals surface area contributed by atoms with Crippen molar-refractivity contribution < 1.29 is 27.4 Å². The van der Waals surface area contributed by atoms with E-state index in [1.165, 1.54) is 31.6 Å². The van der Waals surface area contributed by atoms with Crippen LogP contribution in [0.25, 0.3) is 22.2 Å². The van der Waals surface area contributed by atoms with Gasteiger partial charge in [0.2, 0.25) is 0 Å². The molecule has 0 saturated heterocycles. The lowest BCUT2D eigenvalue weighted by molar-refractivity contribution is -0.139. The second kappa shape index (κ2) is 7.43. The van der Waals surface area contributed by atoms with Crippen molar-refractivity contribution in [3.05, 3.63) is 33.9 Å². The molecule has 0 radical (unpaired) electrons. The Hall–Kier alpha value is -2.44. The first kappa shape index (κ1) is 21.3. The van der Waals surface area contributed by atoms with Gasteiger partial charge >= 0.3 is 12.3 Å². The van der Waals surface area contributed by atoms with Crippen LogP contribution >= 0.6 is 22.6 Å². The molecule has 0 fully saturated rings. The van der Waals surface area contributed by atoms with Gasteiger partial charge in [-0.2, -0.15) is 23.0 Å². The van der Waals surface area contributed by atoms with Gasteiger partial charge in [0.15, 0.2) is 5.69 Å². The fraction of sp³-hybridized carbons (Fsp3) is 0.333. The standard InChI is InChI=1S/C18H16F3IN4O3/c1-17(2,3)29-16(27)26-13-9(15(22)25-26)7-11(24-14(13)18(19,20)21)10-8-23-6-5-12(10)28-4/h5-8H,1-4H3. The molecule has 0 N–H and O–H groups in total. The highest BCUT2D eigenvalue weighted by atomic mass is 127. The molecule has 0 amide bonds. The number of alkyl halides is 3. The summed E-state index contributed by atoms with van der Waals surface area (Å²) in [6.45, 7) is 4.83. The zero-order chi connectivity index (χ0) is 21.6. The molecule has 0 aliphatic rings. The molecular weight excluding hydrogens is 504 g/mol. The summed E-state index contributed by atoms with van der Waals surface area (Å²) < 4.78 is 52.8. The van der Waals surface area contributed by atoms with Gasteiger partial charge in [-0.25, -0.2) is 9.78 Å². The Balaban J connectivity index is 2.32. The van der Waals surface area contributed by atoms with Crippen molar-refractivity contribution in [3.8, 4) is 17.0 Å². The number of ether oxygens (including phenoxy) is 2. The fourth-order valence-electron chi connectivity index (χ4n) is 2.63. The average molecular weight is 520 g/mol. The molecule has 0 aliphatic heterocycles. The monoisotopic (exact) mass is 520 g/mol. The maximum atomic E-state index is 13.9. The topological polar surface area (TPSA) is 79.1 Å². The second-order valence-corrected chi connectivity index (χ2v) is 8.03. The van der Waals surface area contributed by atoms with E-state index >= 15 is 0 Å². The molecule has 0 atom stereocenters. The van der Waals surface area contributed by atoms with Gasteiger partial charge in [-0.15, -0.1) is 0 Å².